The second-order valence-electron chi connectivity index (χ2n) is 6.03. The average Bonchev–Trinajstić information content (AvgIpc) is 3.03. The molecule has 2 aromatic heterocycles. The first-order chi connectivity index (χ1) is 10.9. The third kappa shape index (κ3) is 4.21. The lowest BCUT2D eigenvalue weighted by Gasteiger charge is -2.28. The minimum atomic E-state index is -3.20. The van der Waals surface area contributed by atoms with Crippen LogP contribution in [0, 0.1) is 6.92 Å². The van der Waals surface area contributed by atoms with E-state index >= 15 is 0 Å². The topological polar surface area (TPSA) is 80.4 Å². The molecule has 0 aliphatic carbocycles. The molecule has 0 amide bonds. The van der Waals surface area contributed by atoms with Gasteiger partial charge >= 0.3 is 0 Å². The number of fused-ring (bicyclic) bond motifs is 1. The van der Waals surface area contributed by atoms with Crippen molar-refractivity contribution in [2.75, 3.05) is 12.8 Å². The predicted molar refractivity (Wildman–Crippen MR) is 86.2 cm³/mol. The highest BCUT2D eigenvalue weighted by molar-refractivity contribution is 7.88. The van der Waals surface area contributed by atoms with Crippen molar-refractivity contribution in [2.45, 2.75) is 39.0 Å². The summed E-state index contributed by atoms with van der Waals surface area (Å²) >= 11 is 0. The summed E-state index contributed by atoms with van der Waals surface area (Å²) in [5.41, 5.74) is 1.13. The lowest BCUT2D eigenvalue weighted by Crippen LogP contribution is -2.42. The Hall–Kier alpha value is -1.64. The van der Waals surface area contributed by atoms with E-state index in [2.05, 4.69) is 14.7 Å². The lowest BCUT2D eigenvalue weighted by molar-refractivity contribution is 0.163. The third-order valence-electron chi connectivity index (χ3n) is 4.10. The second-order valence-corrected chi connectivity index (χ2v) is 7.86. The monoisotopic (exact) mass is 338 g/mol. The van der Waals surface area contributed by atoms with Gasteiger partial charge in [0.1, 0.15) is 11.5 Å². The first-order valence-corrected chi connectivity index (χ1v) is 9.54. The second kappa shape index (κ2) is 6.46. The molecule has 0 saturated heterocycles. The molecule has 1 aliphatic rings. The van der Waals surface area contributed by atoms with Crippen LogP contribution in [-0.2, 0) is 29.7 Å². The fourth-order valence-corrected chi connectivity index (χ4v) is 3.42. The van der Waals surface area contributed by atoms with Gasteiger partial charge in [0, 0.05) is 31.9 Å². The summed E-state index contributed by atoms with van der Waals surface area (Å²) in [6.07, 6.45) is 3.82. The maximum Gasteiger partial charge on any atom is 0.208 e. The average molecular weight is 338 g/mol. The fourth-order valence-electron chi connectivity index (χ4n) is 2.92. The van der Waals surface area contributed by atoms with Crippen LogP contribution in [0.2, 0.25) is 0 Å². The molecule has 0 fully saturated rings. The van der Waals surface area contributed by atoms with Crippen LogP contribution >= 0.6 is 0 Å². The summed E-state index contributed by atoms with van der Waals surface area (Å²) in [4.78, 5) is 2.25. The van der Waals surface area contributed by atoms with Crippen LogP contribution in [0.5, 0.6) is 0 Å². The number of aryl methyl sites for hydroxylation is 2. The fraction of sp³-hybridized carbons (Fsp3) is 0.533. The Bertz CT molecular complexity index is 765. The number of aromatic nitrogens is 2. The van der Waals surface area contributed by atoms with E-state index < -0.39 is 10.0 Å². The lowest BCUT2D eigenvalue weighted by atomic mass is 10.1. The Morgan fingerprint density at radius 3 is 2.91 bits per heavy atom. The molecule has 1 N–H and O–H groups in total. The highest BCUT2D eigenvalue weighted by atomic mass is 32.2. The molecule has 8 heteroatoms. The van der Waals surface area contributed by atoms with E-state index in [0.29, 0.717) is 13.1 Å². The van der Waals surface area contributed by atoms with E-state index in [1.165, 1.54) is 6.26 Å². The molecule has 0 unspecified atom stereocenters. The molecule has 0 saturated carbocycles. The largest absolute Gasteiger partial charge is 0.465 e. The van der Waals surface area contributed by atoms with Crippen LogP contribution < -0.4 is 4.72 Å². The highest BCUT2D eigenvalue weighted by Crippen LogP contribution is 2.20. The van der Waals surface area contributed by atoms with Gasteiger partial charge in [0.05, 0.1) is 18.5 Å². The van der Waals surface area contributed by atoms with E-state index in [1.807, 2.05) is 29.8 Å². The van der Waals surface area contributed by atoms with E-state index in [4.69, 9.17) is 4.42 Å². The van der Waals surface area contributed by atoms with Crippen LogP contribution in [0.15, 0.2) is 28.8 Å². The van der Waals surface area contributed by atoms with Crippen LogP contribution in [0.3, 0.4) is 0 Å². The Morgan fingerprint density at radius 2 is 2.22 bits per heavy atom. The molecule has 0 bridgehead atoms. The number of hydrogen-bond acceptors (Lipinski definition) is 5. The van der Waals surface area contributed by atoms with Gasteiger partial charge in [-0.2, -0.15) is 5.10 Å². The molecule has 3 heterocycles. The summed E-state index contributed by atoms with van der Waals surface area (Å²) in [5.74, 6) is 1.77. The van der Waals surface area contributed by atoms with Gasteiger partial charge in [0.25, 0.3) is 0 Å². The maximum atomic E-state index is 11.4. The first kappa shape index (κ1) is 16.2. The van der Waals surface area contributed by atoms with Crippen molar-refractivity contribution in [1.29, 1.82) is 0 Å². The minimum absolute atomic E-state index is 0.0943. The Morgan fingerprint density at radius 1 is 1.39 bits per heavy atom. The molecule has 0 radical (unpaired) electrons. The van der Waals surface area contributed by atoms with Gasteiger partial charge in [0.2, 0.25) is 10.0 Å². The predicted octanol–water partition coefficient (Wildman–Crippen LogP) is 1.11. The molecule has 1 atom stereocenters. The van der Waals surface area contributed by atoms with Crippen molar-refractivity contribution >= 4 is 10.0 Å². The molecule has 7 nitrogen and oxygen atoms in total. The number of furan rings is 1. The normalized spacial score (nSPS) is 19.5. The van der Waals surface area contributed by atoms with E-state index in [-0.39, 0.29) is 6.04 Å². The van der Waals surface area contributed by atoms with Crippen LogP contribution in [0.4, 0.5) is 0 Å². The molecule has 1 aliphatic heterocycles. The molecule has 2 aromatic rings. The zero-order valence-electron chi connectivity index (χ0n) is 13.4. The minimum Gasteiger partial charge on any atom is -0.465 e. The molecule has 126 valence electrons. The quantitative estimate of drug-likeness (QED) is 0.883. The zero-order valence-corrected chi connectivity index (χ0v) is 14.2. The number of nitrogens with zero attached hydrogens (tertiary/aromatic N) is 3. The smallest absolute Gasteiger partial charge is 0.208 e. The van der Waals surface area contributed by atoms with E-state index in [0.717, 1.165) is 36.7 Å². The molecular formula is C15H22N4O3S. The van der Waals surface area contributed by atoms with Crippen molar-refractivity contribution in [1.82, 2.24) is 19.4 Å². The maximum absolute atomic E-state index is 11.4. The Balaban J connectivity index is 1.78. The Kier molecular flexibility index (Phi) is 4.56. The SMILES string of the molecule is Cc1ccc(CN2Cc3ccnn3CC[C@@H]2CNS(C)(=O)=O)o1. The van der Waals surface area contributed by atoms with Crippen molar-refractivity contribution in [3.8, 4) is 0 Å². The molecule has 0 aromatic carbocycles. The number of hydrogen-bond donors (Lipinski definition) is 1. The van der Waals surface area contributed by atoms with Crippen molar-refractivity contribution in [2.24, 2.45) is 0 Å². The van der Waals surface area contributed by atoms with E-state index in [9.17, 15) is 8.42 Å². The van der Waals surface area contributed by atoms with Gasteiger partial charge in [-0.1, -0.05) is 0 Å². The summed E-state index contributed by atoms with van der Waals surface area (Å²) in [5, 5.41) is 4.33. The third-order valence-corrected chi connectivity index (χ3v) is 4.79. The van der Waals surface area contributed by atoms with Crippen molar-refractivity contribution in [3.05, 3.63) is 41.6 Å². The van der Waals surface area contributed by atoms with Crippen LogP contribution in [0.1, 0.15) is 23.6 Å². The summed E-state index contributed by atoms with van der Waals surface area (Å²) < 4.78 is 33.2. The standard InChI is InChI=1S/C15H22N4O3S/c1-12-3-4-15(22-12)11-18-10-14-5-7-16-19(14)8-6-13(18)9-17-23(2,20)21/h3-5,7,13,17H,6,8-11H2,1-2H3/t13-/m1/s1. The number of rotatable bonds is 5. The summed E-state index contributed by atoms with van der Waals surface area (Å²) in [7, 11) is -3.20. The zero-order chi connectivity index (χ0) is 16.4. The summed E-state index contributed by atoms with van der Waals surface area (Å²) in [6, 6.07) is 6.02. The number of nitrogens with one attached hydrogen (secondary N) is 1. The molecule has 3 rings (SSSR count). The summed E-state index contributed by atoms with van der Waals surface area (Å²) in [6.45, 7) is 4.46. The highest BCUT2D eigenvalue weighted by Gasteiger charge is 2.25. The van der Waals surface area contributed by atoms with Crippen molar-refractivity contribution in [3.63, 3.8) is 0 Å². The molecule has 0 spiro atoms. The number of sulfonamides is 1. The van der Waals surface area contributed by atoms with Gasteiger partial charge in [-0.05, 0) is 31.5 Å². The van der Waals surface area contributed by atoms with Gasteiger partial charge in [0.15, 0.2) is 0 Å². The van der Waals surface area contributed by atoms with Gasteiger partial charge in [-0.25, -0.2) is 13.1 Å². The first-order valence-electron chi connectivity index (χ1n) is 7.65. The van der Waals surface area contributed by atoms with Crippen molar-refractivity contribution < 1.29 is 12.8 Å². The van der Waals surface area contributed by atoms with Gasteiger partial charge in [-0.3, -0.25) is 9.58 Å². The van der Waals surface area contributed by atoms with Gasteiger partial charge in [-0.15, -0.1) is 0 Å². The van der Waals surface area contributed by atoms with Crippen LogP contribution in [0.25, 0.3) is 0 Å². The molecular weight excluding hydrogens is 316 g/mol. The Labute approximate surface area is 136 Å². The molecule has 23 heavy (non-hydrogen) atoms. The van der Waals surface area contributed by atoms with Gasteiger partial charge < -0.3 is 4.42 Å². The van der Waals surface area contributed by atoms with Crippen LogP contribution in [-0.4, -0.2) is 41.9 Å². The van der Waals surface area contributed by atoms with E-state index in [1.54, 1.807) is 6.20 Å².